The van der Waals surface area contributed by atoms with Crippen molar-refractivity contribution >= 4 is 56.5 Å². The van der Waals surface area contributed by atoms with Crippen LogP contribution in [-0.2, 0) is 14.8 Å². The molecule has 4 atom stereocenters. The van der Waals surface area contributed by atoms with Gasteiger partial charge in [0.1, 0.15) is 0 Å². The van der Waals surface area contributed by atoms with Crippen LogP contribution >= 0.6 is 0 Å². The number of nitrogens with one attached hydrogen (secondary N) is 3. The predicted molar refractivity (Wildman–Crippen MR) is 185 cm³/mol. The second-order valence-electron chi connectivity index (χ2n) is 12.3. The lowest BCUT2D eigenvalue weighted by molar-refractivity contribution is -0.116. The number of hydrogen-bond donors (Lipinski definition) is 8. The lowest BCUT2D eigenvalue weighted by Crippen LogP contribution is -2.54. The summed E-state index contributed by atoms with van der Waals surface area (Å²) < 4.78 is 28.8. The first-order valence-corrected chi connectivity index (χ1v) is 17.2. The zero-order valence-electron chi connectivity index (χ0n) is 26.5. The second kappa shape index (κ2) is 14.6. The van der Waals surface area contributed by atoms with E-state index in [1.807, 2.05) is 16.7 Å². The van der Waals surface area contributed by atoms with Crippen molar-refractivity contribution in [2.75, 3.05) is 57.1 Å². The van der Waals surface area contributed by atoms with Crippen LogP contribution in [0.25, 0.3) is 0 Å². The van der Waals surface area contributed by atoms with Gasteiger partial charge in [-0.25, -0.2) is 8.42 Å². The number of unbranched alkanes of at least 4 members (excludes halogenated alkanes) is 1. The average Bonchev–Trinajstić information content (AvgIpc) is 3.00. The monoisotopic (exact) mass is 667 g/mol. The number of hydrogen-bond acceptors (Lipinski definition) is 14. The molecule has 1 amide bonds. The Morgan fingerprint density at radius 3 is 1.87 bits per heavy atom. The number of aromatic nitrogens is 3. The maximum Gasteiger partial charge on any atom is 0.261 e. The Kier molecular flexibility index (Phi) is 10.6. The molecule has 17 heteroatoms. The summed E-state index contributed by atoms with van der Waals surface area (Å²) in [5.74, 6) is 0.964. The Bertz CT molecular complexity index is 1590. The molecule has 2 aliphatic rings. The molecule has 2 saturated heterocycles. The van der Waals surface area contributed by atoms with Crippen molar-refractivity contribution in [3.63, 3.8) is 0 Å². The van der Waals surface area contributed by atoms with E-state index < -0.39 is 10.0 Å². The lowest BCUT2D eigenvalue weighted by atomic mass is 10.0. The van der Waals surface area contributed by atoms with E-state index >= 15 is 0 Å². The Morgan fingerprint density at radius 2 is 1.36 bits per heavy atom. The van der Waals surface area contributed by atoms with Gasteiger partial charge in [0, 0.05) is 68.1 Å². The molecule has 0 unspecified atom stereocenters. The molecule has 5 rings (SSSR count). The highest BCUT2D eigenvalue weighted by atomic mass is 32.2. The van der Waals surface area contributed by atoms with E-state index in [1.54, 1.807) is 30.3 Å². The van der Waals surface area contributed by atoms with Crippen LogP contribution in [0.3, 0.4) is 0 Å². The molecule has 0 aliphatic carbocycles. The van der Waals surface area contributed by atoms with Crippen molar-refractivity contribution in [1.29, 1.82) is 0 Å². The van der Waals surface area contributed by atoms with E-state index in [0.717, 1.165) is 12.8 Å². The number of amides is 1. The van der Waals surface area contributed by atoms with Crippen molar-refractivity contribution in [3.8, 4) is 0 Å². The minimum Gasteiger partial charge on any atom is -0.397 e. The van der Waals surface area contributed by atoms with Gasteiger partial charge in [0.15, 0.2) is 0 Å². The van der Waals surface area contributed by atoms with Gasteiger partial charge in [0.2, 0.25) is 23.8 Å². The van der Waals surface area contributed by atoms with Crippen molar-refractivity contribution in [3.05, 3.63) is 42.5 Å². The number of nitrogens with two attached hydrogens (primary N) is 5. The van der Waals surface area contributed by atoms with Crippen LogP contribution < -0.4 is 53.8 Å². The van der Waals surface area contributed by atoms with Crippen LogP contribution in [0.15, 0.2) is 47.4 Å². The van der Waals surface area contributed by atoms with Crippen LogP contribution in [0.4, 0.5) is 40.6 Å². The molecule has 0 bridgehead atoms. The zero-order chi connectivity index (χ0) is 33.7. The Balaban J connectivity index is 1.33. The maximum absolute atomic E-state index is 13.1. The van der Waals surface area contributed by atoms with E-state index in [0.29, 0.717) is 68.7 Å². The summed E-state index contributed by atoms with van der Waals surface area (Å²) in [6.07, 6.45) is 3.49. The van der Waals surface area contributed by atoms with Crippen LogP contribution in [0.1, 0.15) is 39.0 Å². The number of sulfonamides is 1. The first-order valence-electron chi connectivity index (χ1n) is 15.8. The van der Waals surface area contributed by atoms with Gasteiger partial charge >= 0.3 is 0 Å². The van der Waals surface area contributed by atoms with Gasteiger partial charge in [0.05, 0.1) is 16.3 Å². The van der Waals surface area contributed by atoms with Gasteiger partial charge in [-0.1, -0.05) is 13.3 Å². The fourth-order valence-electron chi connectivity index (χ4n) is 5.72. The number of benzene rings is 2. The molecular weight excluding hydrogens is 622 g/mol. The molecule has 254 valence electrons. The van der Waals surface area contributed by atoms with Gasteiger partial charge in [0.25, 0.3) is 10.0 Å². The first-order chi connectivity index (χ1) is 22.4. The number of anilines is 7. The van der Waals surface area contributed by atoms with Gasteiger partial charge in [-0.3, -0.25) is 9.52 Å². The molecular formula is C30H45N13O3S. The van der Waals surface area contributed by atoms with E-state index in [2.05, 4.69) is 25.3 Å². The number of nitrogen functional groups attached to an aromatic ring is 1. The molecule has 0 spiro atoms. The standard InChI is InChI=1S/C30H45N13O3S/c1-2-3-4-27(44)36-22-5-8-24(9-6-22)47(45,46)41-26-10-7-23(13-25(26)35)37-28-38-29(42-14-18(31)11-19(32)15-42)40-30(39-28)43-16-20(33)12-21(34)17-43/h5-10,13,18-21,41H,2-4,11-12,14-17,31-35H2,1H3,(H,36,44)(H,37,38,39,40)/t18-,19+,20-,21+. The van der Waals surface area contributed by atoms with Gasteiger partial charge in [-0.2, -0.15) is 15.0 Å². The Labute approximate surface area is 274 Å². The van der Waals surface area contributed by atoms with E-state index in [9.17, 15) is 13.2 Å². The minimum atomic E-state index is -3.97. The summed E-state index contributed by atoms with van der Waals surface area (Å²) in [4.78, 5) is 30.0. The normalized spacial score (nSPS) is 21.7. The topological polar surface area (TPSA) is 263 Å². The first kappa shape index (κ1) is 34.1. The molecule has 13 N–H and O–H groups in total. The number of carbonyl (C=O) groups excluding carboxylic acids is 1. The molecule has 1 aromatic heterocycles. The summed E-state index contributed by atoms with van der Waals surface area (Å²) in [6.45, 7) is 4.15. The Hall–Kier alpha value is -4.29. The fraction of sp³-hybridized carbons (Fsp3) is 0.467. The third-order valence-electron chi connectivity index (χ3n) is 7.97. The quantitative estimate of drug-likeness (QED) is 0.132. The highest BCUT2D eigenvalue weighted by Gasteiger charge is 2.29. The molecule has 2 aliphatic heterocycles. The molecule has 3 aromatic rings. The summed E-state index contributed by atoms with van der Waals surface area (Å²) in [7, 11) is -3.97. The summed E-state index contributed by atoms with van der Waals surface area (Å²) in [6, 6.07) is 10.2. The molecule has 0 saturated carbocycles. The van der Waals surface area contributed by atoms with Crippen molar-refractivity contribution in [2.24, 2.45) is 22.9 Å². The molecule has 16 nitrogen and oxygen atoms in total. The number of rotatable bonds is 11. The SMILES string of the molecule is CCCCC(=O)Nc1ccc(S(=O)(=O)Nc2ccc(Nc3nc(N4C[C@H](N)C[C@H](N)C4)nc(N4C[C@H](N)C[C@H](N)C4)n3)cc2N)cc1. The van der Waals surface area contributed by atoms with Crippen molar-refractivity contribution in [1.82, 2.24) is 15.0 Å². The molecule has 47 heavy (non-hydrogen) atoms. The lowest BCUT2D eigenvalue weighted by Gasteiger charge is -2.37. The van der Waals surface area contributed by atoms with E-state index in [1.165, 1.54) is 12.1 Å². The average molecular weight is 668 g/mol. The molecule has 2 fully saturated rings. The van der Waals surface area contributed by atoms with Crippen LogP contribution in [0.5, 0.6) is 0 Å². The summed E-state index contributed by atoms with van der Waals surface area (Å²) >= 11 is 0. The van der Waals surface area contributed by atoms with Gasteiger partial charge < -0.3 is 49.1 Å². The summed E-state index contributed by atoms with van der Waals surface area (Å²) in [5, 5.41) is 5.94. The largest absolute Gasteiger partial charge is 0.397 e. The fourth-order valence-corrected chi connectivity index (χ4v) is 6.81. The number of carbonyl (C=O) groups is 1. The maximum atomic E-state index is 13.1. The third kappa shape index (κ3) is 8.95. The number of nitrogens with zero attached hydrogens (tertiary/aromatic N) is 5. The van der Waals surface area contributed by atoms with Crippen LogP contribution in [0, 0.1) is 0 Å². The van der Waals surface area contributed by atoms with E-state index in [4.69, 9.17) is 33.7 Å². The van der Waals surface area contributed by atoms with E-state index in [-0.39, 0.29) is 52.3 Å². The van der Waals surface area contributed by atoms with Crippen LogP contribution in [0.2, 0.25) is 0 Å². The van der Waals surface area contributed by atoms with Gasteiger partial charge in [-0.15, -0.1) is 0 Å². The predicted octanol–water partition coefficient (Wildman–Crippen LogP) is 0.856. The number of piperidine rings is 2. The minimum absolute atomic E-state index is 0.0187. The van der Waals surface area contributed by atoms with Gasteiger partial charge in [-0.05, 0) is 61.7 Å². The Morgan fingerprint density at radius 1 is 0.830 bits per heavy atom. The molecule has 0 radical (unpaired) electrons. The molecule has 2 aromatic carbocycles. The third-order valence-corrected chi connectivity index (χ3v) is 9.35. The smallest absolute Gasteiger partial charge is 0.261 e. The van der Waals surface area contributed by atoms with Crippen LogP contribution in [-0.4, -0.2) is 79.6 Å². The zero-order valence-corrected chi connectivity index (χ0v) is 27.3. The summed E-state index contributed by atoms with van der Waals surface area (Å²) in [5.41, 5.74) is 32.7. The van der Waals surface area contributed by atoms with Crippen molar-refractivity contribution < 1.29 is 13.2 Å². The highest BCUT2D eigenvalue weighted by Crippen LogP contribution is 2.29. The highest BCUT2D eigenvalue weighted by molar-refractivity contribution is 7.92. The molecule has 3 heterocycles. The second-order valence-corrected chi connectivity index (χ2v) is 14.0. The van der Waals surface area contributed by atoms with Crippen molar-refractivity contribution in [2.45, 2.75) is 68.1 Å².